The van der Waals surface area contributed by atoms with Gasteiger partial charge < -0.3 is 5.32 Å². The van der Waals surface area contributed by atoms with Crippen LogP contribution >= 0.6 is 0 Å². The van der Waals surface area contributed by atoms with Crippen molar-refractivity contribution in [1.82, 2.24) is 10.3 Å². The molecular weight excluding hydrogens is 250 g/mol. The molecule has 0 saturated heterocycles. The Bertz CT molecular complexity index is 553. The van der Waals surface area contributed by atoms with Crippen LogP contribution in [-0.4, -0.2) is 17.4 Å². The Morgan fingerprint density at radius 2 is 1.89 bits per heavy atom. The smallest absolute Gasteiger partial charge is 0.269 e. The SMILES string of the molecule is O=C(NCCc1cc(F)cc(F)c1)c1ccccn1. The molecule has 1 heterocycles. The monoisotopic (exact) mass is 262 g/mol. The first-order valence-electron chi connectivity index (χ1n) is 5.79. The molecular formula is C14H12F2N2O. The Hall–Kier alpha value is -2.30. The van der Waals surface area contributed by atoms with E-state index in [4.69, 9.17) is 0 Å². The predicted molar refractivity (Wildman–Crippen MR) is 66.6 cm³/mol. The second kappa shape index (κ2) is 6.04. The van der Waals surface area contributed by atoms with Crippen molar-refractivity contribution in [1.29, 1.82) is 0 Å². The number of nitrogens with zero attached hydrogens (tertiary/aromatic N) is 1. The summed E-state index contributed by atoms with van der Waals surface area (Å²) in [5, 5.41) is 2.64. The minimum Gasteiger partial charge on any atom is -0.350 e. The molecule has 3 nitrogen and oxygen atoms in total. The number of rotatable bonds is 4. The van der Waals surface area contributed by atoms with Crippen molar-refractivity contribution in [3.63, 3.8) is 0 Å². The molecule has 0 aliphatic rings. The van der Waals surface area contributed by atoms with Crippen LogP contribution in [0.3, 0.4) is 0 Å². The van der Waals surface area contributed by atoms with Gasteiger partial charge in [-0.2, -0.15) is 0 Å². The fourth-order valence-corrected chi connectivity index (χ4v) is 1.66. The van der Waals surface area contributed by atoms with Gasteiger partial charge in [-0.05, 0) is 36.2 Å². The number of benzene rings is 1. The summed E-state index contributed by atoms with van der Waals surface area (Å²) in [4.78, 5) is 15.5. The first-order chi connectivity index (χ1) is 9.15. The molecule has 0 aliphatic heterocycles. The van der Waals surface area contributed by atoms with Gasteiger partial charge in [-0.1, -0.05) is 6.07 Å². The van der Waals surface area contributed by atoms with E-state index in [1.54, 1.807) is 18.2 Å². The van der Waals surface area contributed by atoms with Gasteiger partial charge in [0.2, 0.25) is 0 Å². The van der Waals surface area contributed by atoms with Crippen LogP contribution in [0.15, 0.2) is 42.6 Å². The Balaban J connectivity index is 1.88. The van der Waals surface area contributed by atoms with E-state index >= 15 is 0 Å². The van der Waals surface area contributed by atoms with Crippen LogP contribution < -0.4 is 5.32 Å². The van der Waals surface area contributed by atoms with E-state index in [0.717, 1.165) is 6.07 Å². The lowest BCUT2D eigenvalue weighted by Crippen LogP contribution is -2.26. The van der Waals surface area contributed by atoms with Crippen LogP contribution in [0.1, 0.15) is 16.1 Å². The molecule has 0 bridgehead atoms. The number of pyridine rings is 1. The van der Waals surface area contributed by atoms with Gasteiger partial charge in [0.25, 0.3) is 5.91 Å². The molecule has 2 rings (SSSR count). The van der Waals surface area contributed by atoms with Gasteiger partial charge in [-0.3, -0.25) is 9.78 Å². The fraction of sp³-hybridized carbons (Fsp3) is 0.143. The van der Waals surface area contributed by atoms with Gasteiger partial charge in [0.05, 0.1) is 0 Å². The van der Waals surface area contributed by atoms with E-state index in [0.29, 0.717) is 17.7 Å². The maximum atomic E-state index is 12.9. The van der Waals surface area contributed by atoms with Crippen LogP contribution in [-0.2, 0) is 6.42 Å². The van der Waals surface area contributed by atoms with Gasteiger partial charge in [0.1, 0.15) is 17.3 Å². The van der Waals surface area contributed by atoms with E-state index < -0.39 is 11.6 Å². The van der Waals surface area contributed by atoms with Gasteiger partial charge >= 0.3 is 0 Å². The standard InChI is InChI=1S/C14H12F2N2O/c15-11-7-10(8-12(16)9-11)4-6-18-14(19)13-3-1-2-5-17-13/h1-3,5,7-9H,4,6H2,(H,18,19). The zero-order valence-electron chi connectivity index (χ0n) is 10.1. The summed E-state index contributed by atoms with van der Waals surface area (Å²) < 4.78 is 25.9. The van der Waals surface area contributed by atoms with Crippen molar-refractivity contribution in [3.05, 3.63) is 65.5 Å². The fourth-order valence-electron chi connectivity index (χ4n) is 1.66. The van der Waals surface area contributed by atoms with Crippen molar-refractivity contribution < 1.29 is 13.6 Å². The molecule has 98 valence electrons. The lowest BCUT2D eigenvalue weighted by atomic mass is 10.1. The van der Waals surface area contributed by atoms with Crippen LogP contribution in [0, 0.1) is 11.6 Å². The topological polar surface area (TPSA) is 42.0 Å². The van der Waals surface area contributed by atoms with E-state index in [1.807, 2.05) is 0 Å². The van der Waals surface area contributed by atoms with Crippen molar-refractivity contribution >= 4 is 5.91 Å². The summed E-state index contributed by atoms with van der Waals surface area (Å²) in [6.07, 6.45) is 1.88. The number of nitrogens with one attached hydrogen (secondary N) is 1. The zero-order valence-corrected chi connectivity index (χ0v) is 10.1. The van der Waals surface area contributed by atoms with E-state index in [1.165, 1.54) is 18.3 Å². The molecule has 19 heavy (non-hydrogen) atoms. The van der Waals surface area contributed by atoms with Crippen LogP contribution in [0.2, 0.25) is 0 Å². The van der Waals surface area contributed by atoms with Crippen molar-refractivity contribution in [2.75, 3.05) is 6.54 Å². The maximum absolute atomic E-state index is 12.9. The van der Waals surface area contributed by atoms with Crippen molar-refractivity contribution in [2.24, 2.45) is 0 Å². The Morgan fingerprint density at radius 1 is 1.16 bits per heavy atom. The summed E-state index contributed by atoms with van der Waals surface area (Å²) in [7, 11) is 0. The second-order valence-electron chi connectivity index (χ2n) is 4.00. The molecule has 2 aromatic rings. The quantitative estimate of drug-likeness (QED) is 0.918. The largest absolute Gasteiger partial charge is 0.350 e. The molecule has 1 aromatic carbocycles. The van der Waals surface area contributed by atoms with E-state index in [2.05, 4.69) is 10.3 Å². The molecule has 0 saturated carbocycles. The minimum atomic E-state index is -0.619. The molecule has 1 N–H and O–H groups in total. The number of hydrogen-bond donors (Lipinski definition) is 1. The average Bonchev–Trinajstić information content (AvgIpc) is 2.38. The van der Waals surface area contributed by atoms with Crippen molar-refractivity contribution in [2.45, 2.75) is 6.42 Å². The van der Waals surface area contributed by atoms with E-state index in [-0.39, 0.29) is 12.5 Å². The number of amides is 1. The molecule has 0 radical (unpaired) electrons. The third-order valence-corrected chi connectivity index (χ3v) is 2.52. The minimum absolute atomic E-state index is 0.290. The highest BCUT2D eigenvalue weighted by atomic mass is 19.1. The number of aromatic nitrogens is 1. The first-order valence-corrected chi connectivity index (χ1v) is 5.79. The number of carbonyl (C=O) groups is 1. The first kappa shape index (κ1) is 13.1. The molecule has 0 spiro atoms. The van der Waals surface area contributed by atoms with Gasteiger partial charge in [0, 0.05) is 18.8 Å². The third-order valence-electron chi connectivity index (χ3n) is 2.52. The maximum Gasteiger partial charge on any atom is 0.269 e. The second-order valence-corrected chi connectivity index (χ2v) is 4.00. The molecule has 1 aromatic heterocycles. The number of halogens is 2. The lowest BCUT2D eigenvalue weighted by Gasteiger charge is -2.05. The Kier molecular flexibility index (Phi) is 4.18. The van der Waals surface area contributed by atoms with Gasteiger partial charge in [-0.25, -0.2) is 8.78 Å². The Labute approximate surface area is 109 Å². The highest BCUT2D eigenvalue weighted by Gasteiger charge is 2.06. The molecule has 0 fully saturated rings. The van der Waals surface area contributed by atoms with Crippen LogP contribution in [0.5, 0.6) is 0 Å². The highest BCUT2D eigenvalue weighted by molar-refractivity contribution is 5.92. The summed E-state index contributed by atoms with van der Waals surface area (Å²) in [6.45, 7) is 0.290. The van der Waals surface area contributed by atoms with Crippen molar-refractivity contribution in [3.8, 4) is 0 Å². The molecule has 1 amide bonds. The third kappa shape index (κ3) is 3.84. The summed E-state index contributed by atoms with van der Waals surface area (Å²) in [5.41, 5.74) is 0.812. The van der Waals surface area contributed by atoms with Gasteiger partial charge in [-0.15, -0.1) is 0 Å². The summed E-state index contributed by atoms with van der Waals surface area (Å²) in [5.74, 6) is -1.55. The predicted octanol–water partition coefficient (Wildman–Crippen LogP) is 2.33. The van der Waals surface area contributed by atoms with E-state index in [9.17, 15) is 13.6 Å². The van der Waals surface area contributed by atoms with Crippen LogP contribution in [0.25, 0.3) is 0 Å². The molecule has 0 atom stereocenters. The molecule has 0 unspecified atom stereocenters. The average molecular weight is 262 g/mol. The lowest BCUT2D eigenvalue weighted by molar-refractivity contribution is 0.0949. The number of hydrogen-bond acceptors (Lipinski definition) is 2. The Morgan fingerprint density at radius 3 is 2.53 bits per heavy atom. The summed E-state index contributed by atoms with van der Waals surface area (Å²) >= 11 is 0. The zero-order chi connectivity index (χ0) is 13.7. The summed E-state index contributed by atoms with van der Waals surface area (Å²) in [6, 6.07) is 8.33. The highest BCUT2D eigenvalue weighted by Crippen LogP contribution is 2.08. The normalized spacial score (nSPS) is 10.2. The van der Waals surface area contributed by atoms with Crippen LogP contribution in [0.4, 0.5) is 8.78 Å². The molecule has 0 aliphatic carbocycles. The molecule has 5 heteroatoms. The van der Waals surface area contributed by atoms with Gasteiger partial charge in [0.15, 0.2) is 0 Å². The number of carbonyl (C=O) groups excluding carboxylic acids is 1.